The van der Waals surface area contributed by atoms with Gasteiger partial charge in [-0.05, 0) is 29.2 Å². The fourth-order valence-corrected chi connectivity index (χ4v) is 3.39. The van der Waals surface area contributed by atoms with Crippen LogP contribution in [0.25, 0.3) is 22.3 Å². The number of hydrogen-bond donors (Lipinski definition) is 2. The molecule has 4 rings (SSSR count). The highest BCUT2D eigenvalue weighted by atomic mass is 16.5. The molecule has 1 heterocycles. The highest BCUT2D eigenvalue weighted by Gasteiger charge is 2.09. The molecule has 3 aromatic carbocycles. The summed E-state index contributed by atoms with van der Waals surface area (Å²) in [6.07, 6.45) is 0.349. The van der Waals surface area contributed by atoms with Gasteiger partial charge in [0.15, 0.2) is 0 Å². The first-order valence-electron chi connectivity index (χ1n) is 10.2. The summed E-state index contributed by atoms with van der Waals surface area (Å²) < 4.78 is 5.22. The van der Waals surface area contributed by atoms with Crippen molar-refractivity contribution in [3.05, 3.63) is 99.8 Å². The molecule has 0 saturated heterocycles. The maximum atomic E-state index is 12.5. The lowest BCUT2D eigenvalue weighted by molar-refractivity contribution is 0.139. The number of hydrogen-bond acceptors (Lipinski definition) is 4. The minimum Gasteiger partial charge on any atom is -0.445 e. The number of carbonyl (C=O) groups excluding carboxylic acids is 1. The number of alkyl carbamates (subject to hydrolysis) is 1. The summed E-state index contributed by atoms with van der Waals surface area (Å²) in [5.41, 5.74) is 4.31. The Kier molecular flexibility index (Phi) is 6.08. The lowest BCUT2D eigenvalue weighted by Crippen LogP contribution is -2.23. The number of carbonyl (C=O) groups is 1. The Hall–Kier alpha value is -3.93. The van der Waals surface area contributed by atoms with Crippen molar-refractivity contribution in [1.29, 1.82) is 0 Å². The molecule has 0 atom stereocenters. The van der Waals surface area contributed by atoms with E-state index in [1.165, 1.54) is 0 Å². The summed E-state index contributed by atoms with van der Waals surface area (Å²) >= 11 is 0. The summed E-state index contributed by atoms with van der Waals surface area (Å²) in [4.78, 5) is 31.9. The Morgan fingerprint density at radius 3 is 2.48 bits per heavy atom. The molecule has 0 fully saturated rings. The van der Waals surface area contributed by atoms with Gasteiger partial charge < -0.3 is 15.0 Å². The Morgan fingerprint density at radius 2 is 1.74 bits per heavy atom. The largest absolute Gasteiger partial charge is 0.445 e. The molecule has 4 aromatic rings. The van der Waals surface area contributed by atoms with Gasteiger partial charge in [-0.25, -0.2) is 4.79 Å². The van der Waals surface area contributed by atoms with Crippen LogP contribution in [0.5, 0.6) is 0 Å². The van der Waals surface area contributed by atoms with Gasteiger partial charge >= 0.3 is 6.09 Å². The number of aryl methyl sites for hydroxylation is 1. The first-order chi connectivity index (χ1) is 15.1. The first kappa shape index (κ1) is 20.3. The van der Waals surface area contributed by atoms with Crippen LogP contribution < -0.4 is 10.9 Å². The lowest BCUT2D eigenvalue weighted by atomic mass is 10.1. The summed E-state index contributed by atoms with van der Waals surface area (Å²) in [5.74, 6) is 0.528. The molecule has 156 valence electrons. The molecule has 2 N–H and O–H groups in total. The molecule has 1 aromatic heterocycles. The molecular weight excluding hydrogens is 390 g/mol. The fourth-order valence-electron chi connectivity index (χ4n) is 3.39. The Balaban J connectivity index is 1.42. The van der Waals surface area contributed by atoms with Gasteiger partial charge in [0, 0.05) is 12.1 Å². The maximum Gasteiger partial charge on any atom is 0.407 e. The number of nitrogens with one attached hydrogen (secondary N) is 2. The molecule has 0 aliphatic rings. The minimum atomic E-state index is -0.472. The smallest absolute Gasteiger partial charge is 0.407 e. The highest BCUT2D eigenvalue weighted by Crippen LogP contribution is 2.20. The molecule has 0 saturated carbocycles. The summed E-state index contributed by atoms with van der Waals surface area (Å²) in [7, 11) is 0. The molecule has 6 nitrogen and oxygen atoms in total. The van der Waals surface area contributed by atoms with Crippen LogP contribution >= 0.6 is 0 Å². The van der Waals surface area contributed by atoms with Crippen LogP contribution in [0.3, 0.4) is 0 Å². The van der Waals surface area contributed by atoms with E-state index in [4.69, 9.17) is 4.74 Å². The van der Waals surface area contributed by atoms with Gasteiger partial charge in [-0.1, -0.05) is 73.7 Å². The van der Waals surface area contributed by atoms with E-state index < -0.39 is 6.09 Å². The van der Waals surface area contributed by atoms with Gasteiger partial charge in [0.25, 0.3) is 5.56 Å². The molecular formula is C25H23N3O3. The molecule has 0 bridgehead atoms. The molecule has 6 heteroatoms. The number of rotatable bonds is 6. The van der Waals surface area contributed by atoms with Crippen LogP contribution in [-0.2, 0) is 24.3 Å². The third-order valence-corrected chi connectivity index (χ3v) is 5.10. The zero-order valence-electron chi connectivity index (χ0n) is 17.2. The van der Waals surface area contributed by atoms with E-state index in [1.54, 1.807) is 6.07 Å². The second-order valence-corrected chi connectivity index (χ2v) is 7.20. The summed E-state index contributed by atoms with van der Waals surface area (Å²) in [6.45, 7) is 2.63. The Bertz CT molecular complexity index is 1250. The van der Waals surface area contributed by atoms with Gasteiger partial charge in [-0.15, -0.1) is 0 Å². The third kappa shape index (κ3) is 4.80. The number of ether oxygens (including phenoxy) is 1. The van der Waals surface area contributed by atoms with Crippen molar-refractivity contribution >= 4 is 17.0 Å². The zero-order valence-corrected chi connectivity index (χ0v) is 17.2. The first-order valence-corrected chi connectivity index (χ1v) is 10.2. The summed E-state index contributed by atoms with van der Waals surface area (Å²) in [6, 6.07) is 22.7. The van der Waals surface area contributed by atoms with E-state index in [0.717, 1.165) is 34.2 Å². The molecule has 0 aliphatic heterocycles. The van der Waals surface area contributed by atoms with E-state index in [1.807, 2.05) is 66.7 Å². The molecule has 0 spiro atoms. The van der Waals surface area contributed by atoms with Crippen molar-refractivity contribution in [2.75, 3.05) is 0 Å². The molecule has 0 unspecified atom stereocenters. The van der Waals surface area contributed by atoms with Crippen LogP contribution in [0.4, 0.5) is 4.79 Å². The average molecular weight is 413 g/mol. The number of amides is 1. The van der Waals surface area contributed by atoms with E-state index in [9.17, 15) is 9.59 Å². The van der Waals surface area contributed by atoms with E-state index in [-0.39, 0.29) is 12.2 Å². The maximum absolute atomic E-state index is 12.5. The predicted molar refractivity (Wildman–Crippen MR) is 121 cm³/mol. The molecule has 1 amide bonds. The SMILES string of the molecule is CCc1cccc2c(=O)nc(-c3ccc(CNC(=O)OCc4ccccc4)cc3)[nH]c12. The van der Waals surface area contributed by atoms with Crippen molar-refractivity contribution in [2.24, 2.45) is 0 Å². The number of H-pyrrole nitrogens is 1. The highest BCUT2D eigenvalue weighted by molar-refractivity contribution is 5.82. The number of aromatic amines is 1. The zero-order chi connectivity index (χ0) is 21.6. The van der Waals surface area contributed by atoms with Gasteiger partial charge in [0.2, 0.25) is 0 Å². The fraction of sp³-hybridized carbons (Fsp3) is 0.160. The van der Waals surface area contributed by atoms with Crippen molar-refractivity contribution in [3.8, 4) is 11.4 Å². The van der Waals surface area contributed by atoms with Crippen LogP contribution in [0, 0.1) is 0 Å². The Labute approximate surface area is 179 Å². The Morgan fingerprint density at radius 1 is 0.968 bits per heavy atom. The standard InChI is InChI=1S/C25H23N3O3/c1-2-19-9-6-10-21-22(19)27-23(28-24(21)29)20-13-11-17(12-14-20)15-26-25(30)31-16-18-7-4-3-5-8-18/h3-14H,2,15-16H2,1H3,(H,26,30)(H,27,28,29). The van der Waals surface area contributed by atoms with E-state index in [0.29, 0.717) is 17.8 Å². The predicted octanol–water partition coefficient (Wildman–Crippen LogP) is 4.58. The van der Waals surface area contributed by atoms with Gasteiger partial charge in [-0.3, -0.25) is 4.79 Å². The lowest BCUT2D eigenvalue weighted by Gasteiger charge is -2.09. The quantitative estimate of drug-likeness (QED) is 0.485. The van der Waals surface area contributed by atoms with Crippen LogP contribution in [-0.4, -0.2) is 16.1 Å². The molecule has 0 radical (unpaired) electrons. The van der Waals surface area contributed by atoms with Crippen LogP contribution in [0.2, 0.25) is 0 Å². The number of aromatic nitrogens is 2. The summed E-state index contributed by atoms with van der Waals surface area (Å²) in [5, 5.41) is 3.34. The average Bonchev–Trinajstić information content (AvgIpc) is 2.82. The van der Waals surface area contributed by atoms with E-state index in [2.05, 4.69) is 22.2 Å². The second kappa shape index (κ2) is 9.26. The van der Waals surface area contributed by atoms with Crippen molar-refractivity contribution in [2.45, 2.75) is 26.5 Å². The van der Waals surface area contributed by atoms with E-state index >= 15 is 0 Å². The number of fused-ring (bicyclic) bond motifs is 1. The number of benzene rings is 3. The van der Waals surface area contributed by atoms with Crippen LogP contribution in [0.15, 0.2) is 77.6 Å². The third-order valence-electron chi connectivity index (χ3n) is 5.10. The van der Waals surface area contributed by atoms with Gasteiger partial charge in [-0.2, -0.15) is 4.98 Å². The number of para-hydroxylation sites is 1. The monoisotopic (exact) mass is 413 g/mol. The minimum absolute atomic E-state index is 0.229. The van der Waals surface area contributed by atoms with Gasteiger partial charge in [0.05, 0.1) is 10.9 Å². The van der Waals surface area contributed by atoms with Crippen molar-refractivity contribution in [3.63, 3.8) is 0 Å². The topological polar surface area (TPSA) is 84.1 Å². The van der Waals surface area contributed by atoms with Gasteiger partial charge in [0.1, 0.15) is 12.4 Å². The number of nitrogens with zero attached hydrogens (tertiary/aromatic N) is 1. The molecule has 31 heavy (non-hydrogen) atoms. The molecule has 0 aliphatic carbocycles. The van der Waals surface area contributed by atoms with Crippen molar-refractivity contribution in [1.82, 2.24) is 15.3 Å². The second-order valence-electron chi connectivity index (χ2n) is 7.20. The normalized spacial score (nSPS) is 10.7. The van der Waals surface area contributed by atoms with Crippen molar-refractivity contribution < 1.29 is 9.53 Å². The van der Waals surface area contributed by atoms with Crippen LogP contribution in [0.1, 0.15) is 23.6 Å².